The number of esters is 1. The maximum atomic E-state index is 12.8. The number of hydrogen-bond donors (Lipinski definition) is 0. The fourth-order valence-corrected chi connectivity index (χ4v) is 2.55. The molecule has 0 aromatic rings. The Balaban J connectivity index is 4.38. The van der Waals surface area contributed by atoms with E-state index in [1.165, 1.54) is 0 Å². The molecular formula is C14H23F5O2S. The SMILES string of the molecule is CCC(C)(SCCCC(F)(F)C(F)(F)F)C(=O)OCC(C)C. The van der Waals surface area contributed by atoms with E-state index in [-0.39, 0.29) is 24.7 Å². The molecule has 0 spiro atoms. The maximum Gasteiger partial charge on any atom is 0.453 e. The van der Waals surface area contributed by atoms with Crippen LogP contribution in [0.3, 0.4) is 0 Å². The smallest absolute Gasteiger partial charge is 0.453 e. The van der Waals surface area contributed by atoms with E-state index in [2.05, 4.69) is 0 Å². The molecule has 0 saturated carbocycles. The van der Waals surface area contributed by atoms with Crippen LogP contribution in [-0.2, 0) is 9.53 Å². The van der Waals surface area contributed by atoms with Crippen molar-refractivity contribution in [1.29, 1.82) is 0 Å². The Morgan fingerprint density at radius 2 is 1.73 bits per heavy atom. The minimum Gasteiger partial charge on any atom is -0.464 e. The number of alkyl halides is 5. The summed E-state index contributed by atoms with van der Waals surface area (Å²) in [4.78, 5) is 12.0. The van der Waals surface area contributed by atoms with Gasteiger partial charge in [-0.05, 0) is 31.4 Å². The zero-order valence-corrected chi connectivity index (χ0v) is 14.0. The lowest BCUT2D eigenvalue weighted by atomic mass is 10.1. The summed E-state index contributed by atoms with van der Waals surface area (Å²) in [5.41, 5.74) is 0. The number of carbonyl (C=O) groups is 1. The van der Waals surface area contributed by atoms with Gasteiger partial charge in [0.15, 0.2) is 0 Å². The van der Waals surface area contributed by atoms with E-state index in [1.54, 1.807) is 13.8 Å². The fourth-order valence-electron chi connectivity index (χ4n) is 1.43. The van der Waals surface area contributed by atoms with E-state index in [0.29, 0.717) is 6.42 Å². The third kappa shape index (κ3) is 6.71. The van der Waals surface area contributed by atoms with E-state index in [9.17, 15) is 26.7 Å². The number of hydrogen-bond acceptors (Lipinski definition) is 3. The summed E-state index contributed by atoms with van der Waals surface area (Å²) in [5, 5.41) is 0. The maximum absolute atomic E-state index is 12.8. The quantitative estimate of drug-likeness (QED) is 0.330. The molecule has 1 atom stereocenters. The second-order valence-electron chi connectivity index (χ2n) is 5.73. The van der Waals surface area contributed by atoms with Crippen LogP contribution in [0.15, 0.2) is 0 Å². The first-order valence-electron chi connectivity index (χ1n) is 7.11. The largest absolute Gasteiger partial charge is 0.464 e. The average molecular weight is 350 g/mol. The highest BCUT2D eigenvalue weighted by atomic mass is 32.2. The lowest BCUT2D eigenvalue weighted by Gasteiger charge is -2.26. The molecule has 132 valence electrons. The van der Waals surface area contributed by atoms with Crippen molar-refractivity contribution in [2.24, 2.45) is 5.92 Å². The molecule has 0 aromatic carbocycles. The standard InChI is InChI=1S/C14H23F5O2S/c1-5-12(4,11(20)21-9-10(2)3)22-8-6-7-13(15,16)14(17,18)19/h10H,5-9H2,1-4H3. The first kappa shape index (κ1) is 21.5. The molecule has 0 aromatic heterocycles. The molecular weight excluding hydrogens is 327 g/mol. The molecule has 8 heteroatoms. The van der Waals surface area contributed by atoms with Gasteiger partial charge in [0.2, 0.25) is 0 Å². The van der Waals surface area contributed by atoms with Crippen molar-refractivity contribution in [3.05, 3.63) is 0 Å². The molecule has 0 rings (SSSR count). The predicted octanol–water partition coefficient (Wildman–Crippen LogP) is 5.07. The monoisotopic (exact) mass is 350 g/mol. The first-order valence-corrected chi connectivity index (χ1v) is 8.10. The van der Waals surface area contributed by atoms with Crippen LogP contribution in [0.5, 0.6) is 0 Å². The molecule has 0 saturated heterocycles. The van der Waals surface area contributed by atoms with Crippen LogP contribution in [0.2, 0.25) is 0 Å². The molecule has 0 aliphatic carbocycles. The van der Waals surface area contributed by atoms with Crippen LogP contribution in [0.4, 0.5) is 22.0 Å². The Morgan fingerprint density at radius 3 is 2.14 bits per heavy atom. The van der Waals surface area contributed by atoms with Gasteiger partial charge in [0, 0.05) is 6.42 Å². The normalized spacial score (nSPS) is 15.7. The van der Waals surface area contributed by atoms with Gasteiger partial charge in [0.05, 0.1) is 6.61 Å². The van der Waals surface area contributed by atoms with Gasteiger partial charge in [-0.1, -0.05) is 20.8 Å². The van der Waals surface area contributed by atoms with Gasteiger partial charge in [-0.3, -0.25) is 4.79 Å². The van der Waals surface area contributed by atoms with Gasteiger partial charge in [0.25, 0.3) is 0 Å². The highest BCUT2D eigenvalue weighted by Gasteiger charge is 2.56. The molecule has 0 aliphatic rings. The summed E-state index contributed by atoms with van der Waals surface area (Å²) in [7, 11) is 0. The topological polar surface area (TPSA) is 26.3 Å². The Hall–Kier alpha value is -0.530. The van der Waals surface area contributed by atoms with Crippen LogP contribution in [0.25, 0.3) is 0 Å². The summed E-state index contributed by atoms with van der Waals surface area (Å²) in [6.07, 6.45) is -6.72. The lowest BCUT2D eigenvalue weighted by Crippen LogP contribution is -2.37. The minimum absolute atomic E-state index is 0.0345. The van der Waals surface area contributed by atoms with Crippen molar-refractivity contribution in [2.45, 2.75) is 63.8 Å². The first-order chi connectivity index (χ1) is 9.85. The van der Waals surface area contributed by atoms with Crippen molar-refractivity contribution >= 4 is 17.7 Å². The molecule has 0 aliphatic heterocycles. The molecule has 0 fully saturated rings. The number of thioether (sulfide) groups is 1. The molecule has 0 N–H and O–H groups in total. The second-order valence-corrected chi connectivity index (χ2v) is 7.33. The Labute approximate surface area is 132 Å². The molecule has 1 unspecified atom stereocenters. The zero-order valence-electron chi connectivity index (χ0n) is 13.2. The van der Waals surface area contributed by atoms with Crippen molar-refractivity contribution in [2.75, 3.05) is 12.4 Å². The van der Waals surface area contributed by atoms with Crippen molar-refractivity contribution in [1.82, 2.24) is 0 Å². The molecule has 0 bridgehead atoms. The van der Waals surface area contributed by atoms with Crippen LogP contribution >= 0.6 is 11.8 Å². The number of rotatable bonds is 9. The van der Waals surface area contributed by atoms with Gasteiger partial charge in [-0.2, -0.15) is 22.0 Å². The number of carbonyl (C=O) groups excluding carboxylic acids is 1. The third-order valence-electron chi connectivity index (χ3n) is 3.12. The molecule has 0 amide bonds. The summed E-state index contributed by atoms with van der Waals surface area (Å²) in [6, 6.07) is 0. The van der Waals surface area contributed by atoms with E-state index in [4.69, 9.17) is 4.74 Å². The van der Waals surface area contributed by atoms with Crippen molar-refractivity contribution < 1.29 is 31.5 Å². The number of ether oxygens (including phenoxy) is 1. The van der Waals surface area contributed by atoms with Gasteiger partial charge in [0.1, 0.15) is 4.75 Å². The summed E-state index contributed by atoms with van der Waals surface area (Å²) < 4.78 is 65.8. The predicted molar refractivity (Wildman–Crippen MR) is 77.2 cm³/mol. The molecule has 22 heavy (non-hydrogen) atoms. The molecule has 0 heterocycles. The highest BCUT2D eigenvalue weighted by molar-refractivity contribution is 8.01. The van der Waals surface area contributed by atoms with E-state index in [0.717, 1.165) is 11.8 Å². The second kappa shape index (κ2) is 8.36. The van der Waals surface area contributed by atoms with E-state index < -0.39 is 29.2 Å². The summed E-state index contributed by atoms with van der Waals surface area (Å²) in [5.74, 6) is -4.95. The van der Waals surface area contributed by atoms with Crippen LogP contribution in [-0.4, -0.2) is 35.2 Å². The Morgan fingerprint density at radius 1 is 1.18 bits per heavy atom. The van der Waals surface area contributed by atoms with Crippen molar-refractivity contribution in [3.63, 3.8) is 0 Å². The van der Waals surface area contributed by atoms with Crippen LogP contribution in [0.1, 0.15) is 47.0 Å². The van der Waals surface area contributed by atoms with Crippen LogP contribution in [0, 0.1) is 5.92 Å². The highest BCUT2D eigenvalue weighted by Crippen LogP contribution is 2.40. The van der Waals surface area contributed by atoms with Gasteiger partial charge in [-0.15, -0.1) is 11.8 Å². The average Bonchev–Trinajstić information content (AvgIpc) is 2.39. The van der Waals surface area contributed by atoms with Crippen LogP contribution < -0.4 is 0 Å². The van der Waals surface area contributed by atoms with Gasteiger partial charge < -0.3 is 4.74 Å². The molecule has 0 radical (unpaired) electrons. The minimum atomic E-state index is -5.53. The van der Waals surface area contributed by atoms with E-state index in [1.807, 2.05) is 13.8 Å². The van der Waals surface area contributed by atoms with Gasteiger partial charge >= 0.3 is 18.1 Å². The molecule has 2 nitrogen and oxygen atoms in total. The van der Waals surface area contributed by atoms with Gasteiger partial charge in [-0.25, -0.2) is 0 Å². The van der Waals surface area contributed by atoms with E-state index >= 15 is 0 Å². The lowest BCUT2D eigenvalue weighted by molar-refractivity contribution is -0.284. The summed E-state index contributed by atoms with van der Waals surface area (Å²) >= 11 is 1.06. The number of halogens is 5. The van der Waals surface area contributed by atoms with Crippen molar-refractivity contribution in [3.8, 4) is 0 Å². The zero-order chi connectivity index (χ0) is 17.6. The fraction of sp³-hybridized carbons (Fsp3) is 0.929. The third-order valence-corrected chi connectivity index (χ3v) is 4.71. The Kier molecular flexibility index (Phi) is 8.16. The Bertz CT molecular complexity index is 358. The summed E-state index contributed by atoms with van der Waals surface area (Å²) in [6.45, 7) is 7.36.